The number of rotatable bonds is 8. The molecule has 114 valence electrons. The zero-order chi connectivity index (χ0) is 15.6. The van der Waals surface area contributed by atoms with Crippen LogP contribution in [0.3, 0.4) is 0 Å². The molecule has 0 aromatic heterocycles. The Morgan fingerprint density at radius 3 is 2.73 bits per heavy atom. The largest absolute Gasteiger partial charge is 0.497 e. The number of azide groups is 1. The van der Waals surface area contributed by atoms with Crippen LogP contribution in [0.5, 0.6) is 5.75 Å². The van der Waals surface area contributed by atoms with E-state index in [1.54, 1.807) is 7.11 Å². The predicted molar refractivity (Wildman–Crippen MR) is 87.6 cm³/mol. The molecular weight excluding hydrogens is 276 g/mol. The van der Waals surface area contributed by atoms with Crippen LogP contribution in [0, 0.1) is 0 Å². The summed E-state index contributed by atoms with van der Waals surface area (Å²) in [5, 5.41) is 7.11. The van der Waals surface area contributed by atoms with Gasteiger partial charge in [0, 0.05) is 4.91 Å². The summed E-state index contributed by atoms with van der Waals surface area (Å²) in [5.74, 6) is 0.752. The summed E-state index contributed by atoms with van der Waals surface area (Å²) in [6.07, 6.45) is 1.59. The Morgan fingerprint density at radius 2 is 2.00 bits per heavy atom. The fraction of sp³-hybridized carbons (Fsp3) is 0.294. The third-order valence-electron chi connectivity index (χ3n) is 3.40. The second-order valence-corrected chi connectivity index (χ2v) is 4.93. The fourth-order valence-electron chi connectivity index (χ4n) is 2.26. The first kappa shape index (κ1) is 15.9. The maximum atomic E-state index is 8.75. The van der Waals surface area contributed by atoms with Crippen LogP contribution >= 0.6 is 0 Å². The lowest BCUT2D eigenvalue weighted by atomic mass is 10.1. The van der Waals surface area contributed by atoms with Crippen molar-refractivity contribution in [3.63, 3.8) is 0 Å². The molecule has 0 fully saturated rings. The summed E-state index contributed by atoms with van der Waals surface area (Å²) >= 11 is 0. The highest BCUT2D eigenvalue weighted by Crippen LogP contribution is 2.20. The van der Waals surface area contributed by atoms with Crippen molar-refractivity contribution < 1.29 is 4.74 Å². The third-order valence-corrected chi connectivity index (χ3v) is 3.40. The van der Waals surface area contributed by atoms with Gasteiger partial charge in [0.05, 0.1) is 7.11 Å². The molecule has 22 heavy (non-hydrogen) atoms. The van der Waals surface area contributed by atoms with Crippen molar-refractivity contribution in [1.82, 2.24) is 5.32 Å². The molecule has 0 aliphatic rings. The summed E-state index contributed by atoms with van der Waals surface area (Å²) in [6.45, 7) is 0.774. The molecule has 0 aliphatic heterocycles. The molecule has 1 N–H and O–H groups in total. The molecule has 2 aromatic carbocycles. The molecule has 0 aliphatic carbocycles. The number of benzene rings is 2. The van der Waals surface area contributed by atoms with E-state index in [1.807, 2.05) is 42.5 Å². The number of nitrogens with one attached hydrogen (secondary N) is 1. The molecule has 0 spiro atoms. The zero-order valence-corrected chi connectivity index (χ0v) is 12.6. The van der Waals surface area contributed by atoms with Crippen molar-refractivity contribution in [3.05, 3.63) is 76.2 Å². The molecule has 0 heterocycles. The third kappa shape index (κ3) is 4.81. The minimum atomic E-state index is -0.379. The second kappa shape index (κ2) is 8.72. The molecule has 0 bridgehead atoms. The van der Waals surface area contributed by atoms with Crippen molar-refractivity contribution >= 4 is 0 Å². The maximum Gasteiger partial charge on any atom is 0.119 e. The van der Waals surface area contributed by atoms with Crippen LogP contribution in [0.2, 0.25) is 0 Å². The fourth-order valence-corrected chi connectivity index (χ4v) is 2.26. The first-order valence-corrected chi connectivity index (χ1v) is 7.29. The van der Waals surface area contributed by atoms with Crippen molar-refractivity contribution in [1.29, 1.82) is 0 Å². The molecule has 0 saturated carbocycles. The van der Waals surface area contributed by atoms with Crippen LogP contribution in [-0.4, -0.2) is 13.7 Å². The van der Waals surface area contributed by atoms with E-state index < -0.39 is 0 Å². The Balaban J connectivity index is 1.90. The minimum absolute atomic E-state index is 0.379. The Hall–Kier alpha value is -2.49. The van der Waals surface area contributed by atoms with E-state index in [9.17, 15) is 0 Å². The van der Waals surface area contributed by atoms with Gasteiger partial charge in [-0.3, -0.25) is 0 Å². The number of hydrogen-bond acceptors (Lipinski definition) is 3. The van der Waals surface area contributed by atoms with Crippen molar-refractivity contribution in [2.75, 3.05) is 13.7 Å². The van der Waals surface area contributed by atoms with Gasteiger partial charge in [0.1, 0.15) is 11.9 Å². The summed E-state index contributed by atoms with van der Waals surface area (Å²) in [7, 11) is 1.62. The molecular formula is C17H20N4O. The highest BCUT2D eigenvalue weighted by molar-refractivity contribution is 5.30. The lowest BCUT2D eigenvalue weighted by Crippen LogP contribution is -2.21. The summed E-state index contributed by atoms with van der Waals surface area (Å²) in [5.41, 5.74) is 11.0. The first-order chi connectivity index (χ1) is 10.8. The highest BCUT2D eigenvalue weighted by Gasteiger charge is 2.09. The highest BCUT2D eigenvalue weighted by atomic mass is 16.5. The second-order valence-electron chi connectivity index (χ2n) is 4.93. The molecule has 2 rings (SSSR count). The maximum absolute atomic E-state index is 8.75. The minimum Gasteiger partial charge on any atom is -0.497 e. The van der Waals surface area contributed by atoms with E-state index in [2.05, 4.69) is 27.5 Å². The van der Waals surface area contributed by atoms with E-state index >= 15 is 0 Å². The van der Waals surface area contributed by atoms with Gasteiger partial charge >= 0.3 is 0 Å². The first-order valence-electron chi connectivity index (χ1n) is 7.29. The summed E-state index contributed by atoms with van der Waals surface area (Å²) < 4.78 is 5.20. The van der Waals surface area contributed by atoms with Crippen LogP contribution in [-0.2, 0) is 6.42 Å². The van der Waals surface area contributed by atoms with E-state index in [4.69, 9.17) is 10.3 Å². The molecule has 2 aromatic rings. The van der Waals surface area contributed by atoms with Crippen LogP contribution in [0.15, 0.2) is 59.7 Å². The molecule has 0 amide bonds. The Bertz CT molecular complexity index is 624. The Kier molecular flexibility index (Phi) is 6.30. The number of aryl methyl sites for hydroxylation is 1. The SMILES string of the molecule is COc1cccc([C@H](N=[N+]=[N-])NCCCc2ccccc2)c1. The van der Waals surface area contributed by atoms with Gasteiger partial charge in [0.2, 0.25) is 0 Å². The molecule has 0 saturated heterocycles. The van der Waals surface area contributed by atoms with Crippen LogP contribution in [0.4, 0.5) is 0 Å². The molecule has 0 unspecified atom stereocenters. The topological polar surface area (TPSA) is 70.0 Å². The standard InChI is InChI=1S/C17H20N4O/c1-22-16-11-5-10-15(13-16)17(20-21-18)19-12-6-9-14-7-3-2-4-8-14/h2-5,7-8,10-11,13,17,19H,6,9,12H2,1H3/t17-/m0/s1. The molecule has 5 nitrogen and oxygen atoms in total. The number of ether oxygens (including phenoxy) is 1. The van der Waals surface area contributed by atoms with E-state index in [-0.39, 0.29) is 6.17 Å². The van der Waals surface area contributed by atoms with Crippen LogP contribution in [0.1, 0.15) is 23.7 Å². The Labute approximate surface area is 130 Å². The van der Waals surface area contributed by atoms with Gasteiger partial charge in [-0.2, -0.15) is 0 Å². The lowest BCUT2D eigenvalue weighted by Gasteiger charge is -2.14. The van der Waals surface area contributed by atoms with Gasteiger partial charge in [-0.15, -0.1) is 0 Å². The van der Waals surface area contributed by atoms with Gasteiger partial charge in [-0.1, -0.05) is 47.6 Å². The van der Waals surface area contributed by atoms with Crippen molar-refractivity contribution in [2.24, 2.45) is 5.11 Å². The molecule has 1 atom stereocenters. The van der Waals surface area contributed by atoms with Crippen LogP contribution < -0.4 is 10.1 Å². The quantitative estimate of drug-likeness (QED) is 0.343. The number of nitrogens with zero attached hydrogens (tertiary/aromatic N) is 3. The van der Waals surface area contributed by atoms with Gasteiger partial charge in [0.15, 0.2) is 0 Å². The van der Waals surface area contributed by atoms with Gasteiger partial charge in [-0.25, -0.2) is 0 Å². The summed E-state index contributed by atoms with van der Waals surface area (Å²) in [6, 6.07) is 17.9. The monoisotopic (exact) mass is 296 g/mol. The molecule has 5 heteroatoms. The summed E-state index contributed by atoms with van der Waals surface area (Å²) in [4.78, 5) is 2.93. The predicted octanol–water partition coefficient (Wildman–Crippen LogP) is 4.23. The zero-order valence-electron chi connectivity index (χ0n) is 12.6. The van der Waals surface area contributed by atoms with Gasteiger partial charge in [-0.05, 0) is 48.2 Å². The average molecular weight is 296 g/mol. The lowest BCUT2D eigenvalue weighted by molar-refractivity contribution is 0.413. The number of methoxy groups -OCH3 is 1. The van der Waals surface area contributed by atoms with Crippen molar-refractivity contribution in [3.8, 4) is 5.75 Å². The Morgan fingerprint density at radius 1 is 1.18 bits per heavy atom. The van der Waals surface area contributed by atoms with E-state index in [1.165, 1.54) is 5.56 Å². The van der Waals surface area contributed by atoms with E-state index in [0.717, 1.165) is 30.7 Å². The van der Waals surface area contributed by atoms with Gasteiger partial charge in [0.25, 0.3) is 0 Å². The smallest absolute Gasteiger partial charge is 0.119 e. The normalized spacial score (nSPS) is 11.5. The van der Waals surface area contributed by atoms with E-state index in [0.29, 0.717) is 0 Å². The van der Waals surface area contributed by atoms with Crippen molar-refractivity contribution in [2.45, 2.75) is 19.0 Å². The molecule has 0 radical (unpaired) electrons. The number of hydrogen-bond donors (Lipinski definition) is 1. The van der Waals surface area contributed by atoms with Gasteiger partial charge < -0.3 is 10.1 Å². The average Bonchev–Trinajstić information content (AvgIpc) is 2.58. The van der Waals surface area contributed by atoms with Crippen LogP contribution in [0.25, 0.3) is 10.4 Å².